The number of methoxy groups -OCH3 is 2. The van der Waals surface area contributed by atoms with E-state index in [-0.39, 0.29) is 24.0 Å². The molecule has 1 aliphatic heterocycles. The standard InChI is InChI=1S/C20H34N4O2.HI/c1-5-11-24-12-9-17(10-13-24)23-20(21-6-2)22-15-16-7-8-18(25-3)19(14-16)26-4;/h7-8,14,17H,5-6,9-13,15H2,1-4H3,(H2,21,22,23);1H. The summed E-state index contributed by atoms with van der Waals surface area (Å²) >= 11 is 0. The van der Waals surface area contributed by atoms with Crippen molar-refractivity contribution in [2.75, 3.05) is 40.4 Å². The molecule has 7 heteroatoms. The molecule has 1 heterocycles. The van der Waals surface area contributed by atoms with Gasteiger partial charge in [-0.15, -0.1) is 24.0 Å². The van der Waals surface area contributed by atoms with E-state index in [1.807, 2.05) is 18.2 Å². The van der Waals surface area contributed by atoms with Crippen molar-refractivity contribution in [1.82, 2.24) is 15.5 Å². The average molecular weight is 490 g/mol. The van der Waals surface area contributed by atoms with Gasteiger partial charge < -0.3 is 25.0 Å². The summed E-state index contributed by atoms with van der Waals surface area (Å²) in [6.45, 7) is 9.34. The Morgan fingerprint density at radius 3 is 2.44 bits per heavy atom. The van der Waals surface area contributed by atoms with Crippen molar-refractivity contribution in [3.8, 4) is 11.5 Å². The van der Waals surface area contributed by atoms with E-state index in [1.54, 1.807) is 14.2 Å². The highest BCUT2D eigenvalue weighted by atomic mass is 127. The minimum atomic E-state index is 0. The molecule has 1 aromatic carbocycles. The van der Waals surface area contributed by atoms with Gasteiger partial charge in [0.15, 0.2) is 17.5 Å². The molecular formula is C20H35IN4O2. The third-order valence-corrected chi connectivity index (χ3v) is 4.68. The molecule has 1 aliphatic rings. The van der Waals surface area contributed by atoms with Gasteiger partial charge in [-0.2, -0.15) is 0 Å². The fourth-order valence-corrected chi connectivity index (χ4v) is 3.28. The Morgan fingerprint density at radius 2 is 1.85 bits per heavy atom. The summed E-state index contributed by atoms with van der Waals surface area (Å²) in [6.07, 6.45) is 3.56. The number of hydrogen-bond donors (Lipinski definition) is 2. The molecule has 0 spiro atoms. The van der Waals surface area contributed by atoms with Crippen LogP contribution in [0.2, 0.25) is 0 Å². The molecular weight excluding hydrogens is 455 g/mol. The average Bonchev–Trinajstić information content (AvgIpc) is 2.67. The SMILES string of the molecule is CCCN1CCC(NC(=NCc2ccc(OC)c(OC)c2)NCC)CC1.I. The molecule has 0 aromatic heterocycles. The number of aliphatic imine (C=N–C) groups is 1. The smallest absolute Gasteiger partial charge is 0.191 e. The van der Waals surface area contributed by atoms with Crippen LogP contribution in [0.25, 0.3) is 0 Å². The van der Waals surface area contributed by atoms with E-state index in [0.717, 1.165) is 29.6 Å². The monoisotopic (exact) mass is 490 g/mol. The fourth-order valence-electron chi connectivity index (χ4n) is 3.28. The molecule has 1 fully saturated rings. The van der Waals surface area contributed by atoms with E-state index in [2.05, 4.69) is 29.4 Å². The Kier molecular flexibility index (Phi) is 11.5. The lowest BCUT2D eigenvalue weighted by Crippen LogP contribution is -2.48. The molecule has 6 nitrogen and oxygen atoms in total. The molecule has 0 saturated carbocycles. The summed E-state index contributed by atoms with van der Waals surface area (Å²) in [7, 11) is 3.30. The van der Waals surface area contributed by atoms with Crippen LogP contribution < -0.4 is 20.1 Å². The lowest BCUT2D eigenvalue weighted by atomic mass is 10.1. The van der Waals surface area contributed by atoms with Crippen molar-refractivity contribution in [3.63, 3.8) is 0 Å². The number of likely N-dealkylation sites (tertiary alicyclic amines) is 1. The quantitative estimate of drug-likeness (QED) is 0.333. The van der Waals surface area contributed by atoms with Gasteiger partial charge in [0.25, 0.3) is 0 Å². The van der Waals surface area contributed by atoms with E-state index in [0.29, 0.717) is 12.6 Å². The van der Waals surface area contributed by atoms with Gasteiger partial charge in [-0.3, -0.25) is 0 Å². The molecule has 2 rings (SSSR count). The maximum Gasteiger partial charge on any atom is 0.191 e. The normalized spacial score (nSPS) is 15.8. The van der Waals surface area contributed by atoms with Crippen LogP contribution in [-0.4, -0.2) is 57.3 Å². The number of piperidine rings is 1. The summed E-state index contributed by atoms with van der Waals surface area (Å²) in [5.41, 5.74) is 1.10. The third-order valence-electron chi connectivity index (χ3n) is 4.68. The summed E-state index contributed by atoms with van der Waals surface area (Å²) in [5.74, 6) is 2.36. The number of halogens is 1. The summed E-state index contributed by atoms with van der Waals surface area (Å²) in [4.78, 5) is 7.30. The number of nitrogens with zero attached hydrogens (tertiary/aromatic N) is 2. The Hall–Kier alpha value is -1.22. The number of nitrogens with one attached hydrogen (secondary N) is 2. The van der Waals surface area contributed by atoms with Gasteiger partial charge in [0, 0.05) is 25.7 Å². The minimum absolute atomic E-state index is 0. The zero-order valence-corrected chi connectivity index (χ0v) is 19.4. The van der Waals surface area contributed by atoms with Crippen molar-refractivity contribution in [2.45, 2.75) is 45.7 Å². The van der Waals surface area contributed by atoms with Crippen LogP contribution >= 0.6 is 24.0 Å². The maximum atomic E-state index is 5.37. The number of hydrogen-bond acceptors (Lipinski definition) is 4. The molecule has 0 radical (unpaired) electrons. The number of rotatable bonds is 8. The van der Waals surface area contributed by atoms with E-state index < -0.39 is 0 Å². The Morgan fingerprint density at radius 1 is 1.15 bits per heavy atom. The predicted molar refractivity (Wildman–Crippen MR) is 123 cm³/mol. The van der Waals surface area contributed by atoms with Gasteiger partial charge in [0.1, 0.15) is 0 Å². The molecule has 27 heavy (non-hydrogen) atoms. The second-order valence-electron chi connectivity index (χ2n) is 6.64. The first-order valence-electron chi connectivity index (χ1n) is 9.68. The number of guanidine groups is 1. The van der Waals surface area contributed by atoms with Crippen molar-refractivity contribution >= 4 is 29.9 Å². The molecule has 1 aromatic rings. The van der Waals surface area contributed by atoms with Crippen molar-refractivity contribution in [1.29, 1.82) is 0 Å². The summed E-state index contributed by atoms with van der Waals surface area (Å²) in [5, 5.41) is 6.95. The molecule has 154 valence electrons. The molecule has 1 saturated heterocycles. The highest BCUT2D eigenvalue weighted by molar-refractivity contribution is 14.0. The zero-order valence-electron chi connectivity index (χ0n) is 17.1. The largest absolute Gasteiger partial charge is 0.493 e. The van der Waals surface area contributed by atoms with Crippen LogP contribution in [0.3, 0.4) is 0 Å². The maximum absolute atomic E-state index is 5.37. The lowest BCUT2D eigenvalue weighted by molar-refractivity contribution is 0.206. The Bertz CT molecular complexity index is 575. The molecule has 0 bridgehead atoms. The second-order valence-corrected chi connectivity index (χ2v) is 6.64. The van der Waals surface area contributed by atoms with Gasteiger partial charge in [0.2, 0.25) is 0 Å². The first kappa shape index (κ1) is 23.8. The van der Waals surface area contributed by atoms with Crippen LogP contribution in [-0.2, 0) is 6.54 Å². The van der Waals surface area contributed by atoms with Gasteiger partial charge in [0.05, 0.1) is 20.8 Å². The highest BCUT2D eigenvalue weighted by Crippen LogP contribution is 2.27. The fraction of sp³-hybridized carbons (Fsp3) is 0.650. The number of benzene rings is 1. The van der Waals surface area contributed by atoms with E-state index in [1.165, 1.54) is 38.9 Å². The van der Waals surface area contributed by atoms with Crippen molar-refractivity contribution < 1.29 is 9.47 Å². The summed E-state index contributed by atoms with van der Waals surface area (Å²) < 4.78 is 10.7. The van der Waals surface area contributed by atoms with E-state index in [4.69, 9.17) is 14.5 Å². The summed E-state index contributed by atoms with van der Waals surface area (Å²) in [6, 6.07) is 6.42. The van der Waals surface area contributed by atoms with Crippen LogP contribution in [0.1, 0.15) is 38.7 Å². The third kappa shape index (κ3) is 7.73. The van der Waals surface area contributed by atoms with Gasteiger partial charge >= 0.3 is 0 Å². The first-order chi connectivity index (χ1) is 12.7. The van der Waals surface area contributed by atoms with E-state index in [9.17, 15) is 0 Å². The van der Waals surface area contributed by atoms with Crippen LogP contribution in [0.4, 0.5) is 0 Å². The zero-order chi connectivity index (χ0) is 18.8. The van der Waals surface area contributed by atoms with Crippen LogP contribution in [0.5, 0.6) is 11.5 Å². The Balaban J connectivity index is 0.00000364. The van der Waals surface area contributed by atoms with Gasteiger partial charge in [-0.05, 0) is 50.4 Å². The second kappa shape index (κ2) is 13.0. The number of ether oxygens (including phenoxy) is 2. The predicted octanol–water partition coefficient (Wildman–Crippen LogP) is 3.25. The Labute approximate surface area is 181 Å². The minimum Gasteiger partial charge on any atom is -0.493 e. The molecule has 2 N–H and O–H groups in total. The van der Waals surface area contributed by atoms with Crippen LogP contribution in [0.15, 0.2) is 23.2 Å². The van der Waals surface area contributed by atoms with Gasteiger partial charge in [-0.25, -0.2) is 4.99 Å². The highest BCUT2D eigenvalue weighted by Gasteiger charge is 2.19. The van der Waals surface area contributed by atoms with Gasteiger partial charge in [-0.1, -0.05) is 13.0 Å². The molecule has 0 unspecified atom stereocenters. The molecule has 0 aliphatic carbocycles. The topological polar surface area (TPSA) is 58.1 Å². The van der Waals surface area contributed by atoms with Crippen LogP contribution in [0, 0.1) is 0 Å². The van der Waals surface area contributed by atoms with Crippen molar-refractivity contribution in [3.05, 3.63) is 23.8 Å². The van der Waals surface area contributed by atoms with E-state index >= 15 is 0 Å². The molecule has 0 amide bonds. The first-order valence-corrected chi connectivity index (χ1v) is 9.68. The van der Waals surface area contributed by atoms with Crippen molar-refractivity contribution in [2.24, 2.45) is 4.99 Å². The molecule has 0 atom stereocenters. The lowest BCUT2D eigenvalue weighted by Gasteiger charge is -2.32.